The molecular weight excluding hydrogens is 320 g/mol. The number of carbonyl (C=O) groups excluding carboxylic acids is 1. The molecule has 2 heterocycles. The first-order valence-electron chi connectivity index (χ1n) is 7.66. The van der Waals surface area contributed by atoms with Crippen LogP contribution in [-0.2, 0) is 25.5 Å². The van der Waals surface area contributed by atoms with Crippen LogP contribution in [0.25, 0.3) is 0 Å². The van der Waals surface area contributed by atoms with Gasteiger partial charge in [0.15, 0.2) is 0 Å². The number of rotatable bonds is 7. The summed E-state index contributed by atoms with van der Waals surface area (Å²) in [5.41, 5.74) is 0.725. The van der Waals surface area contributed by atoms with Crippen LogP contribution in [0.2, 0.25) is 0 Å². The van der Waals surface area contributed by atoms with Crippen molar-refractivity contribution in [2.75, 3.05) is 26.3 Å². The monoisotopic (exact) mass is 342 g/mol. The molecule has 0 aliphatic carbocycles. The molecule has 2 rings (SSSR count). The first-order chi connectivity index (χ1) is 11.0. The number of morpholine rings is 1. The van der Waals surface area contributed by atoms with Crippen molar-refractivity contribution >= 4 is 23.2 Å². The van der Waals surface area contributed by atoms with E-state index in [1.165, 1.54) is 11.3 Å². The smallest absolute Gasteiger partial charge is 0.306 e. The van der Waals surface area contributed by atoms with Crippen LogP contribution in [0.4, 0.5) is 0 Å². The van der Waals surface area contributed by atoms with E-state index in [0.29, 0.717) is 26.3 Å². The van der Waals surface area contributed by atoms with Crippen LogP contribution < -0.4 is 0 Å². The Hall–Kier alpha value is -1.51. The van der Waals surface area contributed by atoms with E-state index in [1.807, 2.05) is 19.2 Å². The lowest BCUT2D eigenvalue weighted by Gasteiger charge is -2.32. The third kappa shape index (κ3) is 5.26. The first kappa shape index (κ1) is 17.8. The van der Waals surface area contributed by atoms with Crippen LogP contribution in [-0.4, -0.2) is 59.3 Å². The molecule has 23 heavy (non-hydrogen) atoms. The summed E-state index contributed by atoms with van der Waals surface area (Å²) in [6, 6.07) is 0. The molecule has 2 unspecified atom stereocenters. The van der Waals surface area contributed by atoms with Crippen molar-refractivity contribution < 1.29 is 24.2 Å². The van der Waals surface area contributed by atoms with Gasteiger partial charge in [0.1, 0.15) is 11.1 Å². The molecule has 1 saturated heterocycles. The zero-order valence-electron chi connectivity index (χ0n) is 13.4. The van der Waals surface area contributed by atoms with Crippen LogP contribution in [0.5, 0.6) is 0 Å². The van der Waals surface area contributed by atoms with E-state index in [-0.39, 0.29) is 24.9 Å². The largest absolute Gasteiger partial charge is 0.481 e. The second-order valence-electron chi connectivity index (χ2n) is 5.38. The molecule has 7 nitrogen and oxygen atoms in total. The zero-order chi connectivity index (χ0) is 16.8. The first-order valence-corrected chi connectivity index (χ1v) is 8.54. The van der Waals surface area contributed by atoms with Gasteiger partial charge in [0.25, 0.3) is 0 Å². The van der Waals surface area contributed by atoms with Gasteiger partial charge in [-0.25, -0.2) is 4.98 Å². The fraction of sp³-hybridized carbons (Fsp3) is 0.667. The molecule has 2 atom stereocenters. The summed E-state index contributed by atoms with van der Waals surface area (Å²) < 4.78 is 10.9. The lowest BCUT2D eigenvalue weighted by atomic mass is 10.2. The molecule has 1 aliphatic rings. The van der Waals surface area contributed by atoms with Crippen LogP contribution in [0.1, 0.15) is 37.1 Å². The summed E-state index contributed by atoms with van der Waals surface area (Å²) in [5.74, 6) is -0.969. The average molecular weight is 342 g/mol. The van der Waals surface area contributed by atoms with Gasteiger partial charge in [-0.05, 0) is 13.8 Å². The highest BCUT2D eigenvalue weighted by molar-refractivity contribution is 7.09. The van der Waals surface area contributed by atoms with Crippen molar-refractivity contribution in [3.05, 3.63) is 16.1 Å². The zero-order valence-corrected chi connectivity index (χ0v) is 14.2. The Bertz CT molecular complexity index is 548. The predicted octanol–water partition coefficient (Wildman–Crippen LogP) is 1.49. The highest BCUT2D eigenvalue weighted by atomic mass is 32.1. The van der Waals surface area contributed by atoms with E-state index in [4.69, 9.17) is 14.6 Å². The van der Waals surface area contributed by atoms with Gasteiger partial charge in [-0.1, -0.05) is 0 Å². The molecule has 1 aromatic heterocycles. The van der Waals surface area contributed by atoms with E-state index in [2.05, 4.69) is 4.98 Å². The van der Waals surface area contributed by atoms with Gasteiger partial charge in [-0.2, -0.15) is 0 Å². The molecule has 1 amide bonds. The highest BCUT2D eigenvalue weighted by Crippen LogP contribution is 2.21. The number of thiazole rings is 1. The second kappa shape index (κ2) is 8.37. The minimum absolute atomic E-state index is 0.0513. The summed E-state index contributed by atoms with van der Waals surface area (Å²) in [5, 5.41) is 11.6. The second-order valence-corrected chi connectivity index (χ2v) is 6.27. The lowest BCUT2D eigenvalue weighted by Crippen LogP contribution is -2.46. The van der Waals surface area contributed by atoms with Gasteiger partial charge in [0.2, 0.25) is 5.91 Å². The van der Waals surface area contributed by atoms with Crippen LogP contribution >= 0.6 is 11.3 Å². The fourth-order valence-electron chi connectivity index (χ4n) is 2.44. The Labute approximate surface area is 139 Å². The number of hydrogen-bond donors (Lipinski definition) is 1. The highest BCUT2D eigenvalue weighted by Gasteiger charge is 2.26. The molecule has 128 valence electrons. The van der Waals surface area contributed by atoms with E-state index in [0.717, 1.165) is 10.7 Å². The molecule has 0 saturated carbocycles. The number of hydrogen-bond acceptors (Lipinski definition) is 6. The summed E-state index contributed by atoms with van der Waals surface area (Å²) in [4.78, 5) is 29.2. The van der Waals surface area contributed by atoms with Gasteiger partial charge in [-0.15, -0.1) is 11.3 Å². The maximum absolute atomic E-state index is 12.4. The minimum Gasteiger partial charge on any atom is -0.481 e. The van der Waals surface area contributed by atoms with E-state index >= 15 is 0 Å². The van der Waals surface area contributed by atoms with Gasteiger partial charge >= 0.3 is 5.97 Å². The Morgan fingerprint density at radius 3 is 3.09 bits per heavy atom. The van der Waals surface area contributed by atoms with Crippen molar-refractivity contribution in [2.24, 2.45) is 0 Å². The number of aromatic nitrogens is 1. The van der Waals surface area contributed by atoms with Gasteiger partial charge in [-0.3, -0.25) is 9.59 Å². The maximum Gasteiger partial charge on any atom is 0.306 e. The van der Waals surface area contributed by atoms with Crippen molar-refractivity contribution in [1.29, 1.82) is 0 Å². The van der Waals surface area contributed by atoms with Gasteiger partial charge in [0, 0.05) is 25.1 Å². The summed E-state index contributed by atoms with van der Waals surface area (Å²) in [7, 11) is 0. The number of carbonyl (C=O) groups is 2. The van der Waals surface area contributed by atoms with Crippen molar-refractivity contribution in [1.82, 2.24) is 9.88 Å². The summed E-state index contributed by atoms with van der Waals surface area (Å²) in [6.45, 7) is 5.66. The van der Waals surface area contributed by atoms with Gasteiger partial charge < -0.3 is 19.5 Å². The molecule has 0 bridgehead atoms. The quantitative estimate of drug-likeness (QED) is 0.807. The van der Waals surface area contributed by atoms with Crippen LogP contribution in [0.15, 0.2) is 5.38 Å². The number of nitrogens with zero attached hydrogens (tertiary/aromatic N) is 2. The van der Waals surface area contributed by atoms with Crippen molar-refractivity contribution in [2.45, 2.75) is 38.9 Å². The number of carboxylic acids is 1. The fourth-order valence-corrected chi connectivity index (χ4v) is 3.27. The Kier molecular flexibility index (Phi) is 6.49. The SMILES string of the molecule is CCOC(C)c1nc(CC(=O)N2CCOC(CC(=O)O)C2)cs1. The number of amides is 1. The van der Waals surface area contributed by atoms with Gasteiger partial charge in [0.05, 0.1) is 31.2 Å². The number of ether oxygens (including phenoxy) is 2. The third-order valence-corrected chi connectivity index (χ3v) is 4.61. The Balaban J connectivity index is 1.89. The standard InChI is InChI=1S/C15H22N2O5S/c1-3-21-10(2)15-16-11(9-23-15)6-13(18)17-4-5-22-12(8-17)7-14(19)20/h9-10,12H,3-8H2,1-2H3,(H,19,20). The van der Waals surface area contributed by atoms with Crippen LogP contribution in [0.3, 0.4) is 0 Å². The molecule has 1 aliphatic heterocycles. The maximum atomic E-state index is 12.4. The molecule has 1 N–H and O–H groups in total. The normalized spacial score (nSPS) is 19.6. The molecule has 0 aromatic carbocycles. The average Bonchev–Trinajstić information content (AvgIpc) is 2.95. The molecule has 8 heteroatoms. The van der Waals surface area contributed by atoms with E-state index in [1.54, 1.807) is 4.90 Å². The molecule has 1 aromatic rings. The Morgan fingerprint density at radius 1 is 1.61 bits per heavy atom. The van der Waals surface area contributed by atoms with Crippen molar-refractivity contribution in [3.63, 3.8) is 0 Å². The number of carboxylic acid groups (broad SMARTS) is 1. The molecule has 1 fully saturated rings. The summed E-state index contributed by atoms with van der Waals surface area (Å²) >= 11 is 1.49. The predicted molar refractivity (Wildman–Crippen MR) is 84.4 cm³/mol. The van der Waals surface area contributed by atoms with E-state index in [9.17, 15) is 9.59 Å². The van der Waals surface area contributed by atoms with Crippen molar-refractivity contribution in [3.8, 4) is 0 Å². The topological polar surface area (TPSA) is 89.0 Å². The Morgan fingerprint density at radius 2 is 2.39 bits per heavy atom. The van der Waals surface area contributed by atoms with Crippen LogP contribution in [0, 0.1) is 0 Å². The number of aliphatic carboxylic acids is 1. The lowest BCUT2D eigenvalue weighted by molar-refractivity contribution is -0.147. The molecule has 0 radical (unpaired) electrons. The third-order valence-electron chi connectivity index (χ3n) is 3.56. The minimum atomic E-state index is -0.918. The van der Waals surface area contributed by atoms with E-state index < -0.39 is 12.1 Å². The summed E-state index contributed by atoms with van der Waals surface area (Å²) in [6.07, 6.45) is -0.377. The molecule has 0 spiro atoms. The molecular formula is C15H22N2O5S.